The number of hydrogen-bond acceptors (Lipinski definition) is 5. The van der Waals surface area contributed by atoms with Gasteiger partial charge in [-0.25, -0.2) is 0 Å². The first kappa shape index (κ1) is 29.8. The Kier molecular flexibility index (Phi) is 9.93. The molecule has 4 atom stereocenters. The van der Waals surface area contributed by atoms with E-state index in [1.807, 2.05) is 54.6 Å². The number of nitrogens with zero attached hydrogens (tertiary/aromatic N) is 1. The summed E-state index contributed by atoms with van der Waals surface area (Å²) in [5, 5.41) is 35.1. The molecule has 0 radical (unpaired) electrons. The number of carbonyl (C=O) groups is 2. The number of aliphatic hydroxyl groups excluding tert-OH is 2. The number of aliphatic hydroxyl groups is 2. The number of phenols is 1. The van der Waals surface area contributed by atoms with Crippen molar-refractivity contribution < 1.29 is 24.9 Å². The van der Waals surface area contributed by atoms with Crippen molar-refractivity contribution in [3.8, 4) is 5.75 Å². The molecular weight excluding hydrogens is 528 g/mol. The molecule has 0 heterocycles. The average Bonchev–Trinajstić information content (AvgIpc) is 3.74. The second-order valence-corrected chi connectivity index (χ2v) is 11.9. The second-order valence-electron chi connectivity index (χ2n) is 11.9. The Morgan fingerprint density at radius 3 is 2.33 bits per heavy atom. The zero-order chi connectivity index (χ0) is 29.5. The minimum Gasteiger partial charge on any atom is -0.508 e. The second kappa shape index (κ2) is 14.0. The summed E-state index contributed by atoms with van der Waals surface area (Å²) in [6, 6.07) is 24.5. The number of aromatic hydroxyl groups is 1. The molecule has 0 aromatic heterocycles. The molecule has 2 aliphatic carbocycles. The lowest BCUT2D eigenvalue weighted by molar-refractivity contribution is -0.137. The Morgan fingerprint density at radius 1 is 0.881 bits per heavy atom. The highest BCUT2D eigenvalue weighted by atomic mass is 16.3. The van der Waals surface area contributed by atoms with E-state index in [-0.39, 0.29) is 29.9 Å². The molecule has 5 rings (SSSR count). The van der Waals surface area contributed by atoms with Crippen LogP contribution in [-0.4, -0.2) is 50.3 Å². The summed E-state index contributed by atoms with van der Waals surface area (Å²) in [7, 11) is 0. The summed E-state index contributed by atoms with van der Waals surface area (Å²) >= 11 is 0. The molecule has 2 aliphatic rings. The molecular formula is C35H42N2O5. The molecule has 1 saturated carbocycles. The summed E-state index contributed by atoms with van der Waals surface area (Å²) in [4.78, 5) is 27.9. The van der Waals surface area contributed by atoms with Crippen LogP contribution < -0.4 is 5.32 Å². The summed E-state index contributed by atoms with van der Waals surface area (Å²) < 4.78 is 0. The lowest BCUT2D eigenvalue weighted by Crippen LogP contribution is -2.38. The highest BCUT2D eigenvalue weighted by Gasteiger charge is 2.37. The minimum atomic E-state index is -0.703. The Bertz CT molecular complexity index is 1320. The minimum absolute atomic E-state index is 0.0400. The molecule has 1 fully saturated rings. The number of benzene rings is 3. The zero-order valence-corrected chi connectivity index (χ0v) is 24.1. The topological polar surface area (TPSA) is 110 Å². The number of phenolic OH excluding ortho intramolecular Hbond substituents is 1. The third-order valence-corrected chi connectivity index (χ3v) is 8.57. The van der Waals surface area contributed by atoms with E-state index in [9.17, 15) is 24.9 Å². The Morgan fingerprint density at radius 2 is 1.60 bits per heavy atom. The molecule has 0 aliphatic heterocycles. The molecule has 3 aromatic rings. The lowest BCUT2D eigenvalue weighted by Gasteiger charge is -2.32. The maximum atomic E-state index is 13.8. The van der Waals surface area contributed by atoms with Crippen LogP contribution in [0.15, 0.2) is 78.9 Å². The number of amides is 2. The van der Waals surface area contributed by atoms with Gasteiger partial charge in [0, 0.05) is 31.8 Å². The fourth-order valence-electron chi connectivity index (χ4n) is 6.10. The molecule has 0 spiro atoms. The first-order valence-corrected chi connectivity index (χ1v) is 15.2. The predicted octanol–water partition coefficient (Wildman–Crippen LogP) is 4.83. The molecule has 222 valence electrons. The smallest absolute Gasteiger partial charge is 0.223 e. The Labute approximate surface area is 248 Å². The van der Waals surface area contributed by atoms with Crippen LogP contribution in [0.1, 0.15) is 73.2 Å². The van der Waals surface area contributed by atoms with E-state index in [1.54, 1.807) is 29.2 Å². The number of fused-ring (bicyclic) bond motifs is 1. The fourth-order valence-corrected chi connectivity index (χ4v) is 6.10. The monoisotopic (exact) mass is 570 g/mol. The third-order valence-electron chi connectivity index (χ3n) is 8.57. The van der Waals surface area contributed by atoms with Gasteiger partial charge in [0.05, 0.1) is 18.2 Å². The molecule has 0 bridgehead atoms. The van der Waals surface area contributed by atoms with Gasteiger partial charge >= 0.3 is 0 Å². The standard InChI is InChI=1S/C35H42N2O5/c38-29-18-13-25(14-19-29)23-37(35-30-10-5-4-9-26(30)22-32(35)40)34(42)12-6-11-31(39)27(21-24-7-2-1-3-8-24)15-20-33(41)36-28-16-17-28/h1-5,7-10,13-14,18-19,27-28,31-32,35,38-40H,6,11-12,15-17,20-23H2,(H,36,41)/t27-,31-,32+,35-/m0/s1. The van der Waals surface area contributed by atoms with Crippen molar-refractivity contribution in [3.63, 3.8) is 0 Å². The van der Waals surface area contributed by atoms with Crippen molar-refractivity contribution in [2.45, 2.75) is 88.6 Å². The van der Waals surface area contributed by atoms with E-state index in [2.05, 4.69) is 5.32 Å². The quantitative estimate of drug-likeness (QED) is 0.222. The lowest BCUT2D eigenvalue weighted by atomic mass is 9.87. The SMILES string of the molecule is O=C(CC[C@@H](Cc1ccccc1)[C@@H](O)CCCC(=O)N(Cc1ccc(O)cc1)[C@H]1c2ccccc2C[C@H]1O)NC1CC1. The van der Waals surface area contributed by atoms with E-state index in [1.165, 1.54) is 0 Å². The van der Waals surface area contributed by atoms with Gasteiger partial charge in [-0.05, 0) is 78.8 Å². The highest BCUT2D eigenvalue weighted by Crippen LogP contribution is 2.37. The average molecular weight is 571 g/mol. The van der Waals surface area contributed by atoms with Crippen LogP contribution in [0.25, 0.3) is 0 Å². The van der Waals surface area contributed by atoms with E-state index < -0.39 is 18.2 Å². The van der Waals surface area contributed by atoms with Crippen LogP contribution in [0, 0.1) is 5.92 Å². The van der Waals surface area contributed by atoms with Gasteiger partial charge in [0.1, 0.15) is 5.75 Å². The van der Waals surface area contributed by atoms with Crippen LogP contribution in [0.4, 0.5) is 0 Å². The Balaban J connectivity index is 1.23. The predicted molar refractivity (Wildman–Crippen MR) is 161 cm³/mol. The van der Waals surface area contributed by atoms with Crippen LogP contribution >= 0.6 is 0 Å². The number of rotatable bonds is 14. The van der Waals surface area contributed by atoms with Crippen molar-refractivity contribution in [1.29, 1.82) is 0 Å². The molecule has 0 unspecified atom stereocenters. The molecule has 4 N–H and O–H groups in total. The summed E-state index contributed by atoms with van der Waals surface area (Å²) in [6.07, 6.45) is 4.05. The van der Waals surface area contributed by atoms with Gasteiger partial charge in [-0.2, -0.15) is 0 Å². The van der Waals surface area contributed by atoms with Crippen molar-refractivity contribution >= 4 is 11.8 Å². The first-order valence-electron chi connectivity index (χ1n) is 15.2. The molecule has 7 heteroatoms. The van der Waals surface area contributed by atoms with Crippen molar-refractivity contribution in [2.24, 2.45) is 5.92 Å². The Hall–Kier alpha value is -3.68. The maximum Gasteiger partial charge on any atom is 0.223 e. The molecule has 42 heavy (non-hydrogen) atoms. The van der Waals surface area contributed by atoms with Gasteiger partial charge in [-0.1, -0.05) is 66.7 Å². The van der Waals surface area contributed by atoms with Gasteiger partial charge < -0.3 is 25.5 Å². The van der Waals surface area contributed by atoms with Crippen LogP contribution in [-0.2, 0) is 29.0 Å². The third kappa shape index (κ3) is 7.99. The molecule has 7 nitrogen and oxygen atoms in total. The molecule has 3 aromatic carbocycles. The van der Waals surface area contributed by atoms with Gasteiger partial charge in [0.25, 0.3) is 0 Å². The fraction of sp³-hybridized carbons (Fsp3) is 0.429. The van der Waals surface area contributed by atoms with Gasteiger partial charge in [-0.3, -0.25) is 9.59 Å². The van der Waals surface area contributed by atoms with E-state index >= 15 is 0 Å². The van der Waals surface area contributed by atoms with Gasteiger partial charge in [0.15, 0.2) is 0 Å². The molecule has 0 saturated heterocycles. The summed E-state index contributed by atoms with van der Waals surface area (Å²) in [6.45, 7) is 0.310. The van der Waals surface area contributed by atoms with Crippen LogP contribution in [0.3, 0.4) is 0 Å². The number of carbonyl (C=O) groups excluding carboxylic acids is 2. The van der Waals surface area contributed by atoms with Crippen molar-refractivity contribution in [3.05, 3.63) is 101 Å². The zero-order valence-electron chi connectivity index (χ0n) is 24.1. The van der Waals surface area contributed by atoms with E-state index in [4.69, 9.17) is 0 Å². The summed E-state index contributed by atoms with van der Waals surface area (Å²) in [5.41, 5.74) is 3.99. The first-order chi connectivity index (χ1) is 20.4. The largest absolute Gasteiger partial charge is 0.508 e. The van der Waals surface area contributed by atoms with Gasteiger partial charge in [-0.15, -0.1) is 0 Å². The van der Waals surface area contributed by atoms with Crippen molar-refractivity contribution in [2.75, 3.05) is 0 Å². The number of nitrogens with one attached hydrogen (secondary N) is 1. The highest BCUT2D eigenvalue weighted by molar-refractivity contribution is 5.77. The summed E-state index contributed by atoms with van der Waals surface area (Å²) in [5.74, 6) is 0.0219. The van der Waals surface area contributed by atoms with Crippen LogP contribution in [0.5, 0.6) is 5.75 Å². The maximum absolute atomic E-state index is 13.8. The normalized spacial score (nSPS) is 19.1. The van der Waals surface area contributed by atoms with Gasteiger partial charge in [0.2, 0.25) is 11.8 Å². The van der Waals surface area contributed by atoms with Crippen molar-refractivity contribution in [1.82, 2.24) is 10.2 Å². The van der Waals surface area contributed by atoms with Crippen LogP contribution in [0.2, 0.25) is 0 Å². The molecule has 2 amide bonds. The van der Waals surface area contributed by atoms with E-state index in [0.29, 0.717) is 51.1 Å². The number of hydrogen-bond donors (Lipinski definition) is 4. The van der Waals surface area contributed by atoms with E-state index in [0.717, 1.165) is 35.1 Å².